The van der Waals surface area contributed by atoms with Crippen molar-refractivity contribution in [3.63, 3.8) is 0 Å². The Balaban J connectivity index is 0.000000500. The first-order valence-corrected chi connectivity index (χ1v) is 4.18. The third kappa shape index (κ3) is 2.41. The lowest BCUT2D eigenvalue weighted by Crippen LogP contribution is -2.22. The van der Waals surface area contributed by atoms with Crippen molar-refractivity contribution in [2.24, 2.45) is 0 Å². The number of hydrogen-bond donors (Lipinski definition) is 1. The number of thioether (sulfide) groups is 1. The molecule has 1 aliphatic heterocycles. The molecule has 0 aromatic heterocycles. The third-order valence-corrected chi connectivity index (χ3v) is 2.75. The highest BCUT2D eigenvalue weighted by Gasteiger charge is 2.19. The first kappa shape index (κ1) is 11.4. The first-order valence-electron chi connectivity index (χ1n) is 3.20. The predicted octanol–water partition coefficient (Wildman–Crippen LogP) is 2.34. The minimum Gasteiger partial charge on any atom is -0.300 e. The molecule has 2 rings (SSSR count). The summed E-state index contributed by atoms with van der Waals surface area (Å²) in [5.74, 6) is 1.10. The fraction of sp³-hybridized carbons (Fsp3) is 0.429. The molecule has 4 heteroatoms. The molecular formula is C7H11Cl2NS. The average Bonchev–Trinajstić information content (AvgIpc) is 2.33. The van der Waals surface area contributed by atoms with Gasteiger partial charge in [0, 0.05) is 16.8 Å². The molecule has 0 aromatic carbocycles. The standard InChI is InChI=1S/C7H9NS.2ClH/c1-2-4-7-6(3-1)8-5-9-7;;/h1-2,4,6,8H,3,5H2;2*1H. The molecule has 11 heavy (non-hydrogen) atoms. The Morgan fingerprint density at radius 2 is 2.27 bits per heavy atom. The van der Waals surface area contributed by atoms with Gasteiger partial charge < -0.3 is 0 Å². The molecule has 0 bridgehead atoms. The van der Waals surface area contributed by atoms with Crippen molar-refractivity contribution in [3.05, 3.63) is 23.1 Å². The summed E-state index contributed by atoms with van der Waals surface area (Å²) in [6.45, 7) is 0. The normalized spacial score (nSPS) is 26.2. The molecule has 0 spiro atoms. The zero-order chi connectivity index (χ0) is 6.10. The van der Waals surface area contributed by atoms with Crippen LogP contribution in [0.2, 0.25) is 0 Å². The summed E-state index contributed by atoms with van der Waals surface area (Å²) < 4.78 is 0. The number of fused-ring (bicyclic) bond motifs is 1. The van der Waals surface area contributed by atoms with Crippen molar-refractivity contribution < 1.29 is 0 Å². The molecule has 0 aromatic rings. The van der Waals surface area contributed by atoms with E-state index >= 15 is 0 Å². The summed E-state index contributed by atoms with van der Waals surface area (Å²) in [4.78, 5) is 1.51. The van der Waals surface area contributed by atoms with Crippen LogP contribution in [0.4, 0.5) is 0 Å². The number of nitrogens with one attached hydrogen (secondary N) is 1. The van der Waals surface area contributed by atoms with Gasteiger partial charge in [0.25, 0.3) is 0 Å². The second-order valence-electron chi connectivity index (χ2n) is 2.28. The van der Waals surface area contributed by atoms with Gasteiger partial charge in [-0.15, -0.1) is 36.6 Å². The second kappa shape index (κ2) is 5.09. The van der Waals surface area contributed by atoms with Crippen LogP contribution in [-0.4, -0.2) is 11.9 Å². The molecule has 1 fully saturated rings. The van der Waals surface area contributed by atoms with Crippen LogP contribution < -0.4 is 5.32 Å². The van der Waals surface area contributed by atoms with Gasteiger partial charge >= 0.3 is 0 Å². The SMILES string of the molecule is C1=CCC2NCSC2=C1.Cl.Cl. The summed E-state index contributed by atoms with van der Waals surface area (Å²) in [5, 5.41) is 3.40. The molecule has 64 valence electrons. The van der Waals surface area contributed by atoms with Gasteiger partial charge in [-0.05, 0) is 6.42 Å². The van der Waals surface area contributed by atoms with E-state index in [0.29, 0.717) is 6.04 Å². The molecule has 0 amide bonds. The van der Waals surface area contributed by atoms with Crippen LogP contribution in [0.25, 0.3) is 0 Å². The molecule has 0 radical (unpaired) electrons. The maximum Gasteiger partial charge on any atom is 0.0468 e. The monoisotopic (exact) mass is 211 g/mol. The fourth-order valence-electron chi connectivity index (χ4n) is 1.17. The van der Waals surface area contributed by atoms with Crippen molar-refractivity contribution in [3.8, 4) is 0 Å². The molecule has 1 atom stereocenters. The van der Waals surface area contributed by atoms with Crippen molar-refractivity contribution in [2.45, 2.75) is 12.5 Å². The number of allylic oxidation sites excluding steroid dienone is 2. The lowest BCUT2D eigenvalue weighted by molar-refractivity contribution is 0.672. The molecule has 1 aliphatic carbocycles. The van der Waals surface area contributed by atoms with Crippen LogP contribution in [0.5, 0.6) is 0 Å². The molecule has 2 aliphatic rings. The van der Waals surface area contributed by atoms with Crippen molar-refractivity contribution in [2.75, 3.05) is 5.88 Å². The van der Waals surface area contributed by atoms with E-state index in [9.17, 15) is 0 Å². The Morgan fingerprint density at radius 1 is 1.45 bits per heavy atom. The Bertz CT molecular complexity index is 179. The van der Waals surface area contributed by atoms with E-state index in [4.69, 9.17) is 0 Å². The summed E-state index contributed by atoms with van der Waals surface area (Å²) in [5.41, 5.74) is 0. The zero-order valence-corrected chi connectivity index (χ0v) is 8.40. The summed E-state index contributed by atoms with van der Waals surface area (Å²) in [6, 6.07) is 0.653. The number of hydrogen-bond acceptors (Lipinski definition) is 2. The van der Waals surface area contributed by atoms with Crippen LogP contribution in [-0.2, 0) is 0 Å². The van der Waals surface area contributed by atoms with Crippen molar-refractivity contribution in [1.29, 1.82) is 0 Å². The van der Waals surface area contributed by atoms with Gasteiger partial charge in [-0.25, -0.2) is 0 Å². The second-order valence-corrected chi connectivity index (χ2v) is 3.33. The van der Waals surface area contributed by atoms with E-state index in [1.165, 1.54) is 11.3 Å². The van der Waals surface area contributed by atoms with Crippen LogP contribution in [0.3, 0.4) is 0 Å². The summed E-state index contributed by atoms with van der Waals surface area (Å²) >= 11 is 1.93. The first-order chi connectivity index (χ1) is 4.47. The predicted molar refractivity (Wildman–Crippen MR) is 55.7 cm³/mol. The van der Waals surface area contributed by atoms with Gasteiger partial charge in [-0.2, -0.15) is 0 Å². The maximum atomic E-state index is 3.40. The Labute approximate surface area is 83.5 Å². The zero-order valence-electron chi connectivity index (χ0n) is 5.95. The number of rotatable bonds is 0. The van der Waals surface area contributed by atoms with E-state index in [2.05, 4.69) is 23.5 Å². The van der Waals surface area contributed by atoms with E-state index in [0.717, 1.165) is 5.88 Å². The topological polar surface area (TPSA) is 12.0 Å². The third-order valence-electron chi connectivity index (χ3n) is 1.68. The van der Waals surface area contributed by atoms with Crippen LogP contribution in [0.15, 0.2) is 23.1 Å². The fourth-order valence-corrected chi connectivity index (χ4v) is 2.17. The minimum absolute atomic E-state index is 0. The van der Waals surface area contributed by atoms with Crippen LogP contribution in [0.1, 0.15) is 6.42 Å². The molecule has 1 N–H and O–H groups in total. The molecular weight excluding hydrogens is 201 g/mol. The lowest BCUT2D eigenvalue weighted by atomic mass is 10.1. The quantitative estimate of drug-likeness (QED) is 0.661. The van der Waals surface area contributed by atoms with E-state index < -0.39 is 0 Å². The van der Waals surface area contributed by atoms with E-state index in [1.54, 1.807) is 0 Å². The highest BCUT2D eigenvalue weighted by Crippen LogP contribution is 2.29. The molecule has 1 nitrogen and oxygen atoms in total. The Morgan fingerprint density at radius 3 is 3.00 bits per heavy atom. The van der Waals surface area contributed by atoms with E-state index in [-0.39, 0.29) is 24.8 Å². The smallest absolute Gasteiger partial charge is 0.0468 e. The van der Waals surface area contributed by atoms with Crippen LogP contribution in [0, 0.1) is 0 Å². The minimum atomic E-state index is 0. The maximum absolute atomic E-state index is 3.40. The molecule has 1 heterocycles. The van der Waals surface area contributed by atoms with Gasteiger partial charge in [-0.3, -0.25) is 5.32 Å². The van der Waals surface area contributed by atoms with Gasteiger partial charge in [-0.1, -0.05) is 18.2 Å². The molecule has 0 saturated carbocycles. The Hall–Kier alpha value is 0.370. The number of halogens is 2. The summed E-state index contributed by atoms with van der Waals surface area (Å²) in [6.07, 6.45) is 7.75. The Kier molecular flexibility index (Phi) is 5.26. The van der Waals surface area contributed by atoms with Gasteiger partial charge in [0.1, 0.15) is 0 Å². The van der Waals surface area contributed by atoms with E-state index in [1.807, 2.05) is 11.8 Å². The lowest BCUT2D eigenvalue weighted by Gasteiger charge is -2.10. The van der Waals surface area contributed by atoms with Crippen LogP contribution >= 0.6 is 36.6 Å². The highest BCUT2D eigenvalue weighted by atomic mass is 35.5. The van der Waals surface area contributed by atoms with Gasteiger partial charge in [0.15, 0.2) is 0 Å². The van der Waals surface area contributed by atoms with Crippen molar-refractivity contribution >= 4 is 36.6 Å². The molecule has 1 unspecified atom stereocenters. The largest absolute Gasteiger partial charge is 0.300 e. The van der Waals surface area contributed by atoms with Crippen molar-refractivity contribution in [1.82, 2.24) is 5.32 Å². The molecule has 1 saturated heterocycles. The van der Waals surface area contributed by atoms with Gasteiger partial charge in [0.05, 0.1) is 0 Å². The van der Waals surface area contributed by atoms with Gasteiger partial charge in [0.2, 0.25) is 0 Å². The highest BCUT2D eigenvalue weighted by molar-refractivity contribution is 8.03. The summed E-state index contributed by atoms with van der Waals surface area (Å²) in [7, 11) is 0. The average molecular weight is 212 g/mol.